The number of para-hydroxylation sites is 1. The second kappa shape index (κ2) is 8.28. The van der Waals surface area contributed by atoms with Gasteiger partial charge < -0.3 is 15.0 Å². The Morgan fingerprint density at radius 2 is 2.15 bits per heavy atom. The fourth-order valence-electron chi connectivity index (χ4n) is 2.95. The molecule has 0 saturated heterocycles. The monoisotopic (exact) mass is 276 g/mol. The standard InChI is InChI=1S/C17H28N2O/c1-3-8-16-14-19(11-6-7-12-20-2)17-10-5-4-9-15(17)13-18-16/h4-5,9-10,16,18H,3,6-8,11-14H2,1-2H3. The van der Waals surface area contributed by atoms with E-state index in [9.17, 15) is 0 Å². The van der Waals surface area contributed by atoms with E-state index < -0.39 is 0 Å². The largest absolute Gasteiger partial charge is 0.385 e. The van der Waals surface area contributed by atoms with Crippen LogP contribution < -0.4 is 10.2 Å². The number of fused-ring (bicyclic) bond motifs is 1. The van der Waals surface area contributed by atoms with Crippen LogP contribution in [0, 0.1) is 0 Å². The number of nitrogens with zero attached hydrogens (tertiary/aromatic N) is 1. The number of hydrogen-bond donors (Lipinski definition) is 1. The van der Waals surface area contributed by atoms with Gasteiger partial charge in [-0.05, 0) is 30.9 Å². The molecule has 20 heavy (non-hydrogen) atoms. The Morgan fingerprint density at radius 1 is 1.30 bits per heavy atom. The third-order valence-corrected chi connectivity index (χ3v) is 4.02. The summed E-state index contributed by atoms with van der Waals surface area (Å²) in [4.78, 5) is 2.56. The van der Waals surface area contributed by atoms with Crippen LogP contribution in [0.2, 0.25) is 0 Å². The van der Waals surface area contributed by atoms with Crippen molar-refractivity contribution in [3.8, 4) is 0 Å². The summed E-state index contributed by atoms with van der Waals surface area (Å²) < 4.78 is 5.15. The van der Waals surface area contributed by atoms with E-state index in [4.69, 9.17) is 4.74 Å². The van der Waals surface area contributed by atoms with Crippen molar-refractivity contribution in [2.45, 2.75) is 45.2 Å². The summed E-state index contributed by atoms with van der Waals surface area (Å²) in [6, 6.07) is 9.42. The van der Waals surface area contributed by atoms with Crippen LogP contribution in [-0.2, 0) is 11.3 Å². The Labute approximate surface area is 123 Å². The zero-order chi connectivity index (χ0) is 14.2. The van der Waals surface area contributed by atoms with E-state index in [1.54, 1.807) is 7.11 Å². The van der Waals surface area contributed by atoms with Crippen LogP contribution >= 0.6 is 0 Å². The Balaban J connectivity index is 2.03. The van der Waals surface area contributed by atoms with Gasteiger partial charge in [0.2, 0.25) is 0 Å². The third-order valence-electron chi connectivity index (χ3n) is 4.02. The molecule has 0 radical (unpaired) electrons. The summed E-state index contributed by atoms with van der Waals surface area (Å²) in [5.41, 5.74) is 2.84. The maximum Gasteiger partial charge on any atom is 0.0462 e. The summed E-state index contributed by atoms with van der Waals surface area (Å²) in [6.07, 6.45) is 4.83. The summed E-state index contributed by atoms with van der Waals surface area (Å²) in [5.74, 6) is 0. The molecule has 112 valence electrons. The van der Waals surface area contributed by atoms with Crippen LogP contribution in [0.1, 0.15) is 38.2 Å². The topological polar surface area (TPSA) is 24.5 Å². The van der Waals surface area contributed by atoms with Crippen molar-refractivity contribution in [2.24, 2.45) is 0 Å². The molecule has 0 aromatic heterocycles. The van der Waals surface area contributed by atoms with Gasteiger partial charge in [0, 0.05) is 45.1 Å². The summed E-state index contributed by atoms with van der Waals surface area (Å²) >= 11 is 0. The molecule has 0 saturated carbocycles. The molecule has 3 nitrogen and oxygen atoms in total. The normalized spacial score (nSPS) is 18.7. The van der Waals surface area contributed by atoms with E-state index in [-0.39, 0.29) is 0 Å². The lowest BCUT2D eigenvalue weighted by atomic mass is 10.1. The van der Waals surface area contributed by atoms with Crippen LogP contribution in [0.4, 0.5) is 5.69 Å². The summed E-state index contributed by atoms with van der Waals surface area (Å²) in [5, 5.41) is 3.70. The Morgan fingerprint density at radius 3 is 2.95 bits per heavy atom. The molecule has 2 rings (SSSR count). The number of hydrogen-bond acceptors (Lipinski definition) is 3. The lowest BCUT2D eigenvalue weighted by molar-refractivity contribution is 0.193. The first-order valence-electron chi connectivity index (χ1n) is 7.90. The number of anilines is 1. The minimum Gasteiger partial charge on any atom is -0.385 e. The lowest BCUT2D eigenvalue weighted by Crippen LogP contribution is -2.38. The van der Waals surface area contributed by atoms with Crippen LogP contribution in [0.5, 0.6) is 0 Å². The molecule has 1 aliphatic heterocycles. The first-order chi connectivity index (χ1) is 9.85. The molecule has 0 spiro atoms. The first-order valence-corrected chi connectivity index (χ1v) is 7.90. The van der Waals surface area contributed by atoms with Gasteiger partial charge in [-0.3, -0.25) is 0 Å². The molecule has 0 amide bonds. The van der Waals surface area contributed by atoms with Gasteiger partial charge >= 0.3 is 0 Å². The van der Waals surface area contributed by atoms with Gasteiger partial charge in [0.25, 0.3) is 0 Å². The van der Waals surface area contributed by atoms with Gasteiger partial charge in [0.1, 0.15) is 0 Å². The second-order valence-corrected chi connectivity index (χ2v) is 5.64. The van der Waals surface area contributed by atoms with Crippen LogP contribution in [-0.4, -0.2) is 32.8 Å². The molecule has 1 aromatic rings. The molecular formula is C17H28N2O. The average molecular weight is 276 g/mol. The fraction of sp³-hybridized carbons (Fsp3) is 0.647. The van der Waals surface area contributed by atoms with Crippen molar-refractivity contribution in [3.63, 3.8) is 0 Å². The van der Waals surface area contributed by atoms with Crippen LogP contribution in [0.3, 0.4) is 0 Å². The Hall–Kier alpha value is -1.06. The molecule has 0 fully saturated rings. The van der Waals surface area contributed by atoms with Crippen molar-refractivity contribution in [2.75, 3.05) is 31.7 Å². The van der Waals surface area contributed by atoms with Crippen molar-refractivity contribution in [3.05, 3.63) is 29.8 Å². The Bertz CT molecular complexity index is 394. The van der Waals surface area contributed by atoms with Crippen molar-refractivity contribution < 1.29 is 4.74 Å². The zero-order valence-electron chi connectivity index (χ0n) is 12.9. The van der Waals surface area contributed by atoms with Crippen molar-refractivity contribution in [1.29, 1.82) is 0 Å². The van der Waals surface area contributed by atoms with Gasteiger partial charge in [0.05, 0.1) is 0 Å². The highest BCUT2D eigenvalue weighted by Crippen LogP contribution is 2.24. The van der Waals surface area contributed by atoms with Gasteiger partial charge in [-0.2, -0.15) is 0 Å². The zero-order valence-corrected chi connectivity index (χ0v) is 12.9. The van der Waals surface area contributed by atoms with Crippen LogP contribution in [0.25, 0.3) is 0 Å². The lowest BCUT2D eigenvalue weighted by Gasteiger charge is -2.27. The maximum absolute atomic E-state index is 5.15. The molecular weight excluding hydrogens is 248 g/mol. The highest BCUT2D eigenvalue weighted by Gasteiger charge is 2.20. The predicted octanol–water partition coefficient (Wildman–Crippen LogP) is 3.19. The number of ether oxygens (including phenoxy) is 1. The highest BCUT2D eigenvalue weighted by molar-refractivity contribution is 5.54. The fourth-order valence-corrected chi connectivity index (χ4v) is 2.95. The van der Waals surface area contributed by atoms with E-state index in [2.05, 4.69) is 41.4 Å². The molecule has 1 aliphatic rings. The Kier molecular flexibility index (Phi) is 6.34. The molecule has 0 bridgehead atoms. The van der Waals surface area contributed by atoms with E-state index in [0.29, 0.717) is 6.04 Å². The quantitative estimate of drug-likeness (QED) is 0.774. The minimum atomic E-state index is 0.606. The molecule has 1 heterocycles. The molecule has 3 heteroatoms. The number of benzene rings is 1. The van der Waals surface area contributed by atoms with Gasteiger partial charge in [-0.1, -0.05) is 31.5 Å². The molecule has 1 unspecified atom stereocenters. The maximum atomic E-state index is 5.15. The molecule has 1 atom stereocenters. The molecule has 1 N–H and O–H groups in total. The SMILES string of the molecule is CCCC1CN(CCCCOC)c2ccccc2CN1. The first kappa shape index (κ1) is 15.3. The molecule has 0 aliphatic carbocycles. The number of nitrogens with one attached hydrogen (secondary N) is 1. The smallest absolute Gasteiger partial charge is 0.0462 e. The minimum absolute atomic E-state index is 0.606. The third kappa shape index (κ3) is 4.22. The van der Waals surface area contributed by atoms with Crippen molar-refractivity contribution >= 4 is 5.69 Å². The average Bonchev–Trinajstić information content (AvgIpc) is 2.65. The van der Waals surface area contributed by atoms with Crippen molar-refractivity contribution in [1.82, 2.24) is 5.32 Å². The van der Waals surface area contributed by atoms with E-state index in [0.717, 1.165) is 32.7 Å². The van der Waals surface area contributed by atoms with Gasteiger partial charge in [0.15, 0.2) is 0 Å². The van der Waals surface area contributed by atoms with E-state index in [1.165, 1.54) is 30.5 Å². The number of methoxy groups -OCH3 is 1. The van der Waals surface area contributed by atoms with Gasteiger partial charge in [-0.25, -0.2) is 0 Å². The van der Waals surface area contributed by atoms with Gasteiger partial charge in [-0.15, -0.1) is 0 Å². The molecule has 1 aromatic carbocycles. The van der Waals surface area contributed by atoms with E-state index >= 15 is 0 Å². The number of rotatable bonds is 7. The van der Waals surface area contributed by atoms with Crippen LogP contribution in [0.15, 0.2) is 24.3 Å². The second-order valence-electron chi connectivity index (χ2n) is 5.64. The van der Waals surface area contributed by atoms with E-state index in [1.807, 2.05) is 0 Å². The summed E-state index contributed by atoms with van der Waals surface area (Å²) in [7, 11) is 1.78. The predicted molar refractivity (Wildman–Crippen MR) is 85.3 cm³/mol. The summed E-state index contributed by atoms with van der Waals surface area (Å²) in [6.45, 7) is 6.38. The number of unbranched alkanes of at least 4 members (excludes halogenated alkanes) is 1. The highest BCUT2D eigenvalue weighted by atomic mass is 16.5.